The van der Waals surface area contributed by atoms with Crippen molar-refractivity contribution in [3.8, 4) is 0 Å². The molecule has 2 rings (SSSR count). The number of halogens is 1. The predicted molar refractivity (Wildman–Crippen MR) is 88.6 cm³/mol. The summed E-state index contributed by atoms with van der Waals surface area (Å²) in [7, 11) is 0. The molecule has 120 valence electrons. The number of carbonyl (C=O) groups excluding carboxylic acids is 1. The molecule has 0 unspecified atom stereocenters. The molecule has 1 amide bonds. The molecule has 22 heavy (non-hydrogen) atoms. The maximum atomic E-state index is 12.4. The van der Waals surface area contributed by atoms with Crippen LogP contribution in [0.1, 0.15) is 44.1 Å². The molecule has 0 radical (unpaired) electrons. The first-order chi connectivity index (χ1) is 10.5. The van der Waals surface area contributed by atoms with E-state index in [4.69, 9.17) is 5.11 Å². The molecule has 1 aromatic rings. The lowest BCUT2D eigenvalue weighted by atomic mass is 9.92. The van der Waals surface area contributed by atoms with Crippen molar-refractivity contribution in [2.24, 2.45) is 5.92 Å². The molecule has 0 heterocycles. The van der Waals surface area contributed by atoms with Gasteiger partial charge >= 0.3 is 5.97 Å². The molecule has 0 bridgehead atoms. The average molecular weight is 368 g/mol. The Balaban J connectivity index is 1.99. The van der Waals surface area contributed by atoms with Gasteiger partial charge in [0.05, 0.1) is 12.3 Å². The van der Waals surface area contributed by atoms with Crippen LogP contribution < -0.4 is 5.32 Å². The number of carboxylic acid groups (broad SMARTS) is 1. The third-order valence-electron chi connectivity index (χ3n) is 4.14. The van der Waals surface area contributed by atoms with Gasteiger partial charge in [-0.25, -0.2) is 0 Å². The summed E-state index contributed by atoms with van der Waals surface area (Å²) >= 11 is 3.37. The highest BCUT2D eigenvalue weighted by Gasteiger charge is 2.25. The highest BCUT2D eigenvalue weighted by atomic mass is 79.9. The van der Waals surface area contributed by atoms with Crippen LogP contribution in [0.5, 0.6) is 0 Å². The van der Waals surface area contributed by atoms with Gasteiger partial charge in [-0.2, -0.15) is 0 Å². The summed E-state index contributed by atoms with van der Waals surface area (Å²) in [4.78, 5) is 23.5. The van der Waals surface area contributed by atoms with Gasteiger partial charge in [-0.15, -0.1) is 0 Å². The molecule has 0 aromatic heterocycles. The van der Waals surface area contributed by atoms with E-state index in [1.54, 1.807) is 0 Å². The third-order valence-corrected chi connectivity index (χ3v) is 4.67. The Kier molecular flexibility index (Phi) is 6.43. The van der Waals surface area contributed by atoms with E-state index in [0.29, 0.717) is 6.42 Å². The van der Waals surface area contributed by atoms with Gasteiger partial charge in [0, 0.05) is 10.5 Å². The SMILES string of the molecule is O=C(O)C[C@H](Cc1ccc(Br)cc1)C(=O)NC1CCCCC1. The van der Waals surface area contributed by atoms with Gasteiger partial charge < -0.3 is 10.4 Å². The van der Waals surface area contributed by atoms with Crippen LogP contribution in [0, 0.1) is 5.92 Å². The van der Waals surface area contributed by atoms with E-state index in [9.17, 15) is 9.59 Å². The standard InChI is InChI=1S/C17H22BrNO3/c18-14-8-6-12(7-9-14)10-13(11-16(20)21)17(22)19-15-4-2-1-3-5-15/h6-9,13,15H,1-5,10-11H2,(H,19,22)(H,20,21)/t13-/m0/s1. The molecule has 1 atom stereocenters. The first-order valence-electron chi connectivity index (χ1n) is 7.81. The molecule has 1 aliphatic rings. The molecule has 4 nitrogen and oxygen atoms in total. The van der Waals surface area contributed by atoms with E-state index in [1.807, 2.05) is 24.3 Å². The number of rotatable bonds is 6. The van der Waals surface area contributed by atoms with Crippen LogP contribution in [-0.4, -0.2) is 23.0 Å². The lowest BCUT2D eigenvalue weighted by Crippen LogP contribution is -2.41. The first kappa shape index (κ1) is 17.0. The summed E-state index contributed by atoms with van der Waals surface area (Å²) in [5.74, 6) is -1.57. The fraction of sp³-hybridized carbons (Fsp3) is 0.529. The molecule has 0 aliphatic heterocycles. The first-order valence-corrected chi connectivity index (χ1v) is 8.60. The van der Waals surface area contributed by atoms with Crippen LogP contribution in [0.15, 0.2) is 28.7 Å². The number of amides is 1. The van der Waals surface area contributed by atoms with Crippen LogP contribution in [0.2, 0.25) is 0 Å². The third kappa shape index (κ3) is 5.44. The minimum absolute atomic E-state index is 0.128. The van der Waals surface area contributed by atoms with E-state index in [1.165, 1.54) is 6.42 Å². The summed E-state index contributed by atoms with van der Waals surface area (Å²) in [6, 6.07) is 7.88. The smallest absolute Gasteiger partial charge is 0.304 e. The summed E-state index contributed by atoms with van der Waals surface area (Å²) in [5, 5.41) is 12.1. The number of nitrogens with one attached hydrogen (secondary N) is 1. The topological polar surface area (TPSA) is 66.4 Å². The number of benzene rings is 1. The van der Waals surface area contributed by atoms with Crippen molar-refractivity contribution in [2.75, 3.05) is 0 Å². The van der Waals surface area contributed by atoms with Gasteiger partial charge in [-0.3, -0.25) is 9.59 Å². The molecule has 1 fully saturated rings. The second kappa shape index (κ2) is 8.32. The molecule has 1 aliphatic carbocycles. The Morgan fingerprint density at radius 3 is 2.41 bits per heavy atom. The van der Waals surface area contributed by atoms with Crippen molar-refractivity contribution in [3.05, 3.63) is 34.3 Å². The monoisotopic (exact) mass is 367 g/mol. The van der Waals surface area contributed by atoms with E-state index >= 15 is 0 Å². The fourth-order valence-corrected chi connectivity index (χ4v) is 3.20. The van der Waals surface area contributed by atoms with Crippen LogP contribution >= 0.6 is 15.9 Å². The number of hydrogen-bond donors (Lipinski definition) is 2. The quantitative estimate of drug-likeness (QED) is 0.807. The summed E-state index contributed by atoms with van der Waals surface area (Å²) in [5.41, 5.74) is 0.980. The van der Waals surface area contributed by atoms with Gasteiger partial charge in [0.2, 0.25) is 5.91 Å². The lowest BCUT2D eigenvalue weighted by Gasteiger charge is -2.25. The maximum Gasteiger partial charge on any atom is 0.304 e. The molecule has 0 saturated heterocycles. The van der Waals surface area contributed by atoms with Crippen molar-refractivity contribution >= 4 is 27.8 Å². The summed E-state index contributed by atoms with van der Waals surface area (Å²) in [6.45, 7) is 0. The molecular weight excluding hydrogens is 346 g/mol. The van der Waals surface area contributed by atoms with E-state index < -0.39 is 11.9 Å². The van der Waals surface area contributed by atoms with Crippen LogP contribution in [0.3, 0.4) is 0 Å². The van der Waals surface area contributed by atoms with Crippen molar-refractivity contribution in [1.29, 1.82) is 0 Å². The predicted octanol–water partition coefficient (Wildman–Crippen LogP) is 3.53. The van der Waals surface area contributed by atoms with Crippen LogP contribution in [0.25, 0.3) is 0 Å². The molecular formula is C17H22BrNO3. The second-order valence-corrected chi connectivity index (χ2v) is 6.88. The molecule has 1 aromatic carbocycles. The maximum absolute atomic E-state index is 12.4. The Labute approximate surface area is 139 Å². The van der Waals surface area contributed by atoms with Crippen molar-refractivity contribution in [3.63, 3.8) is 0 Å². The second-order valence-electron chi connectivity index (χ2n) is 5.97. The Morgan fingerprint density at radius 2 is 1.82 bits per heavy atom. The lowest BCUT2D eigenvalue weighted by molar-refractivity contribution is -0.141. The summed E-state index contributed by atoms with van der Waals surface area (Å²) in [6.07, 6.45) is 5.84. The number of carbonyl (C=O) groups is 2. The van der Waals surface area contributed by atoms with Crippen LogP contribution in [0.4, 0.5) is 0 Å². The number of carboxylic acids is 1. The van der Waals surface area contributed by atoms with Crippen LogP contribution in [-0.2, 0) is 16.0 Å². The van der Waals surface area contributed by atoms with E-state index in [0.717, 1.165) is 35.7 Å². The Hall–Kier alpha value is -1.36. The summed E-state index contributed by atoms with van der Waals surface area (Å²) < 4.78 is 0.970. The van der Waals surface area contributed by atoms with Crippen molar-refractivity contribution in [1.82, 2.24) is 5.32 Å². The highest BCUT2D eigenvalue weighted by molar-refractivity contribution is 9.10. The zero-order chi connectivity index (χ0) is 15.9. The molecule has 1 saturated carbocycles. The molecule has 0 spiro atoms. The number of hydrogen-bond acceptors (Lipinski definition) is 2. The highest BCUT2D eigenvalue weighted by Crippen LogP contribution is 2.20. The zero-order valence-corrected chi connectivity index (χ0v) is 14.1. The van der Waals surface area contributed by atoms with E-state index in [-0.39, 0.29) is 18.4 Å². The number of aliphatic carboxylic acids is 1. The fourth-order valence-electron chi connectivity index (χ4n) is 2.94. The average Bonchev–Trinajstić information content (AvgIpc) is 2.49. The molecule has 2 N–H and O–H groups in total. The van der Waals surface area contributed by atoms with E-state index in [2.05, 4.69) is 21.2 Å². The normalized spacial score (nSPS) is 17.0. The van der Waals surface area contributed by atoms with Crippen molar-refractivity contribution < 1.29 is 14.7 Å². The minimum Gasteiger partial charge on any atom is -0.481 e. The molecule has 5 heteroatoms. The minimum atomic E-state index is -0.930. The van der Waals surface area contributed by atoms with Crippen molar-refractivity contribution in [2.45, 2.75) is 51.0 Å². The van der Waals surface area contributed by atoms with Gasteiger partial charge in [-0.1, -0.05) is 47.3 Å². The van der Waals surface area contributed by atoms with Gasteiger partial charge in [0.1, 0.15) is 0 Å². The Bertz CT molecular complexity index is 509. The van der Waals surface area contributed by atoms with Gasteiger partial charge in [0.15, 0.2) is 0 Å². The Morgan fingerprint density at radius 1 is 1.18 bits per heavy atom. The zero-order valence-electron chi connectivity index (χ0n) is 12.6. The largest absolute Gasteiger partial charge is 0.481 e. The van der Waals surface area contributed by atoms with Gasteiger partial charge in [-0.05, 0) is 37.0 Å². The van der Waals surface area contributed by atoms with Gasteiger partial charge in [0.25, 0.3) is 0 Å².